The van der Waals surface area contributed by atoms with E-state index >= 15 is 0 Å². The molecule has 0 aromatic heterocycles. The lowest BCUT2D eigenvalue weighted by Crippen LogP contribution is -2.51. The number of non-ortho nitro benzene ring substituents is 2. The molecule has 0 bridgehead atoms. The molecule has 12 heteroatoms. The Balaban J connectivity index is 1.54. The Kier molecular flexibility index (Phi) is 6.41. The minimum atomic E-state index is -1.13. The standard InChI is InChI=1S/C20H20N2O10/c23-9-16-18(32-20(30-16)12-4-2-6-14(8-12)22(27)28)17-15(24)10-29-19(31-17)11-3-1-5-13(7-11)21(25)26/h1-8,15-20,23-24H,9-10H2/t15-,16+,17-,18-,19?,20?/m0/s1. The third-order valence-corrected chi connectivity index (χ3v) is 5.23. The monoisotopic (exact) mass is 448 g/mol. The Bertz CT molecular complexity index is 946. The predicted octanol–water partition coefficient (Wildman–Crippen LogP) is 1.75. The number of benzene rings is 2. The minimum Gasteiger partial charge on any atom is -0.394 e. The fourth-order valence-electron chi connectivity index (χ4n) is 3.69. The van der Waals surface area contributed by atoms with Gasteiger partial charge in [0.25, 0.3) is 11.4 Å². The van der Waals surface area contributed by atoms with Crippen molar-refractivity contribution in [2.75, 3.05) is 13.2 Å². The number of nitro benzene ring substituents is 2. The molecule has 32 heavy (non-hydrogen) atoms. The van der Waals surface area contributed by atoms with E-state index in [1.165, 1.54) is 36.4 Å². The van der Waals surface area contributed by atoms with Crippen LogP contribution in [0.1, 0.15) is 23.7 Å². The van der Waals surface area contributed by atoms with Gasteiger partial charge < -0.3 is 29.2 Å². The number of hydrogen-bond acceptors (Lipinski definition) is 10. The summed E-state index contributed by atoms with van der Waals surface area (Å²) in [5, 5.41) is 42.4. The highest BCUT2D eigenvalue weighted by molar-refractivity contribution is 5.36. The number of ether oxygens (including phenoxy) is 4. The minimum absolute atomic E-state index is 0.141. The van der Waals surface area contributed by atoms with E-state index in [0.717, 1.165) is 0 Å². The van der Waals surface area contributed by atoms with E-state index in [-0.39, 0.29) is 18.0 Å². The maximum atomic E-state index is 11.1. The first-order valence-electron chi connectivity index (χ1n) is 9.73. The smallest absolute Gasteiger partial charge is 0.269 e. The van der Waals surface area contributed by atoms with E-state index < -0.39 is 53.4 Å². The molecule has 2 saturated heterocycles. The summed E-state index contributed by atoms with van der Waals surface area (Å²) in [6.07, 6.45) is -5.97. The molecule has 2 aromatic carbocycles. The van der Waals surface area contributed by atoms with Crippen molar-refractivity contribution in [2.24, 2.45) is 0 Å². The van der Waals surface area contributed by atoms with E-state index in [0.29, 0.717) is 11.1 Å². The molecule has 2 N–H and O–H groups in total. The highest BCUT2D eigenvalue weighted by Crippen LogP contribution is 2.38. The largest absolute Gasteiger partial charge is 0.394 e. The van der Waals surface area contributed by atoms with E-state index in [2.05, 4.69) is 0 Å². The van der Waals surface area contributed by atoms with Crippen molar-refractivity contribution < 1.29 is 39.0 Å². The van der Waals surface area contributed by atoms with Crippen LogP contribution in [0.5, 0.6) is 0 Å². The van der Waals surface area contributed by atoms with Crippen molar-refractivity contribution in [3.63, 3.8) is 0 Å². The fourth-order valence-corrected chi connectivity index (χ4v) is 3.69. The van der Waals surface area contributed by atoms with Crippen molar-refractivity contribution in [3.8, 4) is 0 Å². The topological polar surface area (TPSA) is 164 Å². The third-order valence-electron chi connectivity index (χ3n) is 5.23. The van der Waals surface area contributed by atoms with Gasteiger partial charge in [-0.3, -0.25) is 20.2 Å². The quantitative estimate of drug-likeness (QED) is 0.491. The lowest BCUT2D eigenvalue weighted by molar-refractivity contribution is -0.385. The van der Waals surface area contributed by atoms with Crippen molar-refractivity contribution in [1.82, 2.24) is 0 Å². The third kappa shape index (κ3) is 4.46. The number of aliphatic hydroxyl groups is 2. The zero-order chi connectivity index (χ0) is 22.8. The van der Waals surface area contributed by atoms with Crippen LogP contribution < -0.4 is 0 Å². The molecular formula is C20H20N2O10. The summed E-state index contributed by atoms with van der Waals surface area (Å²) in [5.74, 6) is 0. The lowest BCUT2D eigenvalue weighted by atomic mass is 10.0. The maximum Gasteiger partial charge on any atom is 0.269 e. The summed E-state index contributed by atoms with van der Waals surface area (Å²) in [4.78, 5) is 21.0. The second-order valence-corrected chi connectivity index (χ2v) is 7.33. The molecule has 0 spiro atoms. The van der Waals surface area contributed by atoms with Gasteiger partial charge in [0.15, 0.2) is 12.6 Å². The average molecular weight is 448 g/mol. The SMILES string of the molecule is O=[N+]([O-])c1cccc(C2OC[C@H](O)[C@@H]([C@H]3OC(c4cccc([N+](=O)[O-])c4)O[C@@H]3CO)O2)c1. The first-order valence-corrected chi connectivity index (χ1v) is 9.73. The molecular weight excluding hydrogens is 428 g/mol. The van der Waals surface area contributed by atoms with Crippen LogP contribution in [0.4, 0.5) is 11.4 Å². The summed E-state index contributed by atoms with van der Waals surface area (Å²) < 4.78 is 23.0. The maximum absolute atomic E-state index is 11.1. The van der Waals surface area contributed by atoms with Gasteiger partial charge in [-0.05, 0) is 0 Å². The molecule has 2 heterocycles. The van der Waals surface area contributed by atoms with Gasteiger partial charge in [0.2, 0.25) is 0 Å². The Morgan fingerprint density at radius 1 is 0.875 bits per heavy atom. The average Bonchev–Trinajstić information content (AvgIpc) is 3.24. The Morgan fingerprint density at radius 2 is 1.44 bits per heavy atom. The molecule has 0 radical (unpaired) electrons. The molecule has 2 fully saturated rings. The van der Waals surface area contributed by atoms with Crippen LogP contribution in [0.2, 0.25) is 0 Å². The zero-order valence-electron chi connectivity index (χ0n) is 16.6. The van der Waals surface area contributed by atoms with E-state index in [1.54, 1.807) is 12.1 Å². The molecule has 0 saturated carbocycles. The summed E-state index contributed by atoms with van der Waals surface area (Å²) >= 11 is 0. The molecule has 6 atom stereocenters. The van der Waals surface area contributed by atoms with Crippen LogP contribution in [0.15, 0.2) is 48.5 Å². The van der Waals surface area contributed by atoms with Crippen LogP contribution in [0.25, 0.3) is 0 Å². The first kappa shape index (κ1) is 22.2. The Labute approximate surface area is 181 Å². The number of nitrogens with zero attached hydrogens (tertiary/aromatic N) is 2. The van der Waals surface area contributed by atoms with E-state index in [4.69, 9.17) is 18.9 Å². The predicted molar refractivity (Wildman–Crippen MR) is 105 cm³/mol. The normalized spacial score (nSPS) is 30.2. The molecule has 12 nitrogen and oxygen atoms in total. The van der Waals surface area contributed by atoms with Gasteiger partial charge in [0, 0.05) is 35.4 Å². The summed E-state index contributed by atoms with van der Waals surface area (Å²) in [7, 11) is 0. The zero-order valence-corrected chi connectivity index (χ0v) is 16.6. The van der Waals surface area contributed by atoms with E-state index in [1.807, 2.05) is 0 Å². The molecule has 2 unspecified atom stereocenters. The van der Waals surface area contributed by atoms with Crippen molar-refractivity contribution in [3.05, 3.63) is 79.9 Å². The number of aliphatic hydroxyl groups excluding tert-OH is 2. The second-order valence-electron chi connectivity index (χ2n) is 7.33. The van der Waals surface area contributed by atoms with Crippen molar-refractivity contribution in [1.29, 1.82) is 0 Å². The van der Waals surface area contributed by atoms with Gasteiger partial charge >= 0.3 is 0 Å². The molecule has 0 aliphatic carbocycles. The van der Waals surface area contributed by atoms with Crippen LogP contribution >= 0.6 is 0 Å². The van der Waals surface area contributed by atoms with E-state index in [9.17, 15) is 30.4 Å². The summed E-state index contributed by atoms with van der Waals surface area (Å²) in [5.41, 5.74) is 0.464. The van der Waals surface area contributed by atoms with Gasteiger partial charge in [-0.1, -0.05) is 24.3 Å². The van der Waals surface area contributed by atoms with Gasteiger partial charge in [-0.2, -0.15) is 0 Å². The van der Waals surface area contributed by atoms with Gasteiger partial charge in [-0.25, -0.2) is 0 Å². The number of nitro groups is 2. The summed E-state index contributed by atoms with van der Waals surface area (Å²) in [6.45, 7) is -0.595. The Morgan fingerprint density at radius 3 is 2.00 bits per heavy atom. The van der Waals surface area contributed by atoms with Crippen LogP contribution in [-0.4, -0.2) is 57.7 Å². The fraction of sp³-hybridized carbons (Fsp3) is 0.400. The molecule has 170 valence electrons. The van der Waals surface area contributed by atoms with Crippen molar-refractivity contribution >= 4 is 11.4 Å². The molecule has 2 aromatic rings. The highest BCUT2D eigenvalue weighted by Gasteiger charge is 2.47. The van der Waals surface area contributed by atoms with Gasteiger partial charge in [0.05, 0.1) is 23.1 Å². The van der Waals surface area contributed by atoms with Crippen LogP contribution in [0.3, 0.4) is 0 Å². The molecule has 0 amide bonds. The second kappa shape index (κ2) is 9.24. The lowest BCUT2D eigenvalue weighted by Gasteiger charge is -2.37. The van der Waals surface area contributed by atoms with Crippen LogP contribution in [0, 0.1) is 20.2 Å². The number of hydrogen-bond donors (Lipinski definition) is 2. The summed E-state index contributed by atoms with van der Waals surface area (Å²) in [6, 6.07) is 11.4. The van der Waals surface area contributed by atoms with Crippen LogP contribution in [-0.2, 0) is 18.9 Å². The molecule has 4 rings (SSSR count). The van der Waals surface area contributed by atoms with Gasteiger partial charge in [-0.15, -0.1) is 0 Å². The first-order chi connectivity index (χ1) is 15.4. The van der Waals surface area contributed by atoms with Gasteiger partial charge in [0.1, 0.15) is 24.4 Å². The molecule has 2 aliphatic heterocycles. The highest BCUT2D eigenvalue weighted by atomic mass is 16.8. The van der Waals surface area contributed by atoms with Crippen molar-refractivity contribution in [2.45, 2.75) is 37.0 Å². The number of rotatable bonds is 6. The molecule has 2 aliphatic rings. The Hall–Kier alpha value is -3.00.